The van der Waals surface area contributed by atoms with Gasteiger partial charge in [-0.25, -0.2) is 0 Å². The number of nitrogens with one attached hydrogen (secondary N) is 2. The van der Waals surface area contributed by atoms with E-state index in [2.05, 4.69) is 21.3 Å². The molecule has 1 fully saturated rings. The molecule has 0 radical (unpaired) electrons. The van der Waals surface area contributed by atoms with E-state index in [0.717, 1.165) is 44.5 Å². The van der Waals surface area contributed by atoms with Crippen molar-refractivity contribution in [2.24, 2.45) is 0 Å². The third-order valence-corrected chi connectivity index (χ3v) is 3.71. The Balaban J connectivity index is 1.87. The highest BCUT2D eigenvalue weighted by Gasteiger charge is 2.19. The van der Waals surface area contributed by atoms with Gasteiger partial charge in [0.2, 0.25) is 0 Å². The largest absolute Gasteiger partial charge is 0.351 e. The quantitative estimate of drug-likeness (QED) is 0.778. The highest BCUT2D eigenvalue weighted by molar-refractivity contribution is 5.92. The van der Waals surface area contributed by atoms with Crippen LogP contribution < -0.4 is 10.6 Å². The maximum Gasteiger partial charge on any atom is 0.267 e. The molecule has 0 saturated carbocycles. The predicted molar refractivity (Wildman–Crippen MR) is 77.4 cm³/mol. The summed E-state index contributed by atoms with van der Waals surface area (Å²) in [6.45, 7) is 2.66. The third kappa shape index (κ3) is 3.84. The number of nitrogens with zero attached hydrogens (tertiary/aromatic N) is 2. The fourth-order valence-electron chi connectivity index (χ4n) is 2.61. The highest BCUT2D eigenvalue weighted by Crippen LogP contribution is 2.21. The minimum Gasteiger partial charge on any atom is -0.351 e. The van der Waals surface area contributed by atoms with Crippen molar-refractivity contribution in [3.05, 3.63) is 24.0 Å². The lowest BCUT2D eigenvalue weighted by Crippen LogP contribution is -2.32. The Morgan fingerprint density at radius 1 is 1.45 bits per heavy atom. The lowest BCUT2D eigenvalue weighted by Gasteiger charge is -2.25. The van der Waals surface area contributed by atoms with Gasteiger partial charge >= 0.3 is 0 Å². The highest BCUT2D eigenvalue weighted by atomic mass is 16.1. The first kappa shape index (κ1) is 14.6. The predicted octanol–water partition coefficient (Wildman–Crippen LogP) is 1.84. The molecule has 1 aliphatic rings. The molecule has 0 atom stereocenters. The van der Waals surface area contributed by atoms with Crippen LogP contribution in [0.1, 0.15) is 48.6 Å². The number of nitriles is 1. The smallest absolute Gasteiger partial charge is 0.267 e. The first-order valence-electron chi connectivity index (χ1n) is 7.35. The van der Waals surface area contributed by atoms with E-state index in [9.17, 15) is 4.79 Å². The van der Waals surface area contributed by atoms with Crippen molar-refractivity contribution in [2.45, 2.75) is 38.1 Å². The van der Waals surface area contributed by atoms with Crippen molar-refractivity contribution in [1.29, 1.82) is 5.26 Å². The van der Waals surface area contributed by atoms with Crippen LogP contribution in [0, 0.1) is 11.3 Å². The Kier molecular flexibility index (Phi) is 5.63. The number of unbranched alkanes of at least 4 members (excludes halogenated alkanes) is 2. The van der Waals surface area contributed by atoms with Gasteiger partial charge in [-0.15, -0.1) is 0 Å². The lowest BCUT2D eigenvalue weighted by molar-refractivity contribution is 0.0940. The summed E-state index contributed by atoms with van der Waals surface area (Å²) in [6.07, 6.45) is 6.38. The summed E-state index contributed by atoms with van der Waals surface area (Å²) >= 11 is 0. The van der Waals surface area contributed by atoms with Gasteiger partial charge in [0.05, 0.1) is 6.07 Å². The van der Waals surface area contributed by atoms with Crippen LogP contribution in [0.5, 0.6) is 0 Å². The zero-order valence-corrected chi connectivity index (χ0v) is 11.8. The van der Waals surface area contributed by atoms with E-state index in [1.165, 1.54) is 0 Å². The molecule has 0 spiro atoms. The van der Waals surface area contributed by atoms with Gasteiger partial charge in [0.25, 0.3) is 5.91 Å². The number of hydrogen-bond donors (Lipinski definition) is 2. The third-order valence-electron chi connectivity index (χ3n) is 3.71. The molecule has 2 heterocycles. The molecule has 1 aromatic rings. The van der Waals surface area contributed by atoms with Crippen LogP contribution in [-0.4, -0.2) is 30.1 Å². The molecule has 0 bridgehead atoms. The summed E-state index contributed by atoms with van der Waals surface area (Å²) in [4.78, 5) is 12.2. The molecule has 2 N–H and O–H groups in total. The molecule has 2 rings (SSSR count). The van der Waals surface area contributed by atoms with Gasteiger partial charge in [-0.1, -0.05) is 0 Å². The van der Waals surface area contributed by atoms with E-state index in [1.807, 2.05) is 18.3 Å². The van der Waals surface area contributed by atoms with Crippen molar-refractivity contribution < 1.29 is 4.79 Å². The first-order valence-corrected chi connectivity index (χ1v) is 7.35. The van der Waals surface area contributed by atoms with Crippen LogP contribution in [0.15, 0.2) is 18.3 Å². The Labute approximate surface area is 120 Å². The average Bonchev–Trinajstić information content (AvgIpc) is 2.97. The number of rotatable bonds is 6. The van der Waals surface area contributed by atoms with Crippen LogP contribution in [-0.2, 0) is 0 Å². The molecule has 0 aromatic carbocycles. The molecule has 108 valence electrons. The van der Waals surface area contributed by atoms with E-state index < -0.39 is 0 Å². The maximum absolute atomic E-state index is 12.2. The van der Waals surface area contributed by atoms with Gasteiger partial charge in [-0.05, 0) is 50.9 Å². The summed E-state index contributed by atoms with van der Waals surface area (Å²) in [5.41, 5.74) is 0.747. The van der Waals surface area contributed by atoms with Gasteiger partial charge in [0, 0.05) is 25.2 Å². The van der Waals surface area contributed by atoms with Crippen LogP contribution in [0.25, 0.3) is 0 Å². The first-order chi connectivity index (χ1) is 9.83. The minimum atomic E-state index is -0.00881. The number of aromatic nitrogens is 1. The number of hydrogen-bond acceptors (Lipinski definition) is 3. The van der Waals surface area contributed by atoms with Crippen LogP contribution in [0.2, 0.25) is 0 Å². The Bertz CT molecular complexity index is 468. The Morgan fingerprint density at radius 3 is 3.00 bits per heavy atom. The van der Waals surface area contributed by atoms with Gasteiger partial charge in [0.15, 0.2) is 0 Å². The van der Waals surface area contributed by atoms with Crippen molar-refractivity contribution in [2.75, 3.05) is 19.6 Å². The lowest BCUT2D eigenvalue weighted by atomic mass is 10.1. The molecule has 5 heteroatoms. The topological polar surface area (TPSA) is 69.8 Å². The zero-order chi connectivity index (χ0) is 14.2. The van der Waals surface area contributed by atoms with Crippen LogP contribution in [0.4, 0.5) is 0 Å². The van der Waals surface area contributed by atoms with Crippen molar-refractivity contribution in [3.8, 4) is 6.07 Å². The molecule has 0 unspecified atom stereocenters. The fraction of sp³-hybridized carbons (Fsp3) is 0.600. The monoisotopic (exact) mass is 274 g/mol. The number of carbonyl (C=O) groups is 1. The summed E-state index contributed by atoms with van der Waals surface area (Å²) in [5, 5.41) is 14.7. The zero-order valence-electron chi connectivity index (χ0n) is 11.8. The Hall–Kier alpha value is -1.80. The molecular formula is C15H22N4O. The molecule has 1 aliphatic heterocycles. The van der Waals surface area contributed by atoms with E-state index in [0.29, 0.717) is 19.0 Å². The molecule has 1 aromatic heterocycles. The second kappa shape index (κ2) is 7.71. The summed E-state index contributed by atoms with van der Waals surface area (Å²) in [5.74, 6) is -0.00881. The van der Waals surface area contributed by atoms with Crippen LogP contribution in [0.3, 0.4) is 0 Å². The van der Waals surface area contributed by atoms with E-state index in [-0.39, 0.29) is 5.91 Å². The maximum atomic E-state index is 12.2. The van der Waals surface area contributed by atoms with Crippen LogP contribution >= 0.6 is 0 Å². The minimum absolute atomic E-state index is 0.00881. The second-order valence-corrected chi connectivity index (χ2v) is 5.15. The number of amides is 1. The molecule has 20 heavy (non-hydrogen) atoms. The molecule has 5 nitrogen and oxygen atoms in total. The van der Waals surface area contributed by atoms with E-state index in [1.54, 1.807) is 0 Å². The summed E-state index contributed by atoms with van der Waals surface area (Å²) in [6, 6.07) is 6.35. The Morgan fingerprint density at radius 2 is 2.25 bits per heavy atom. The standard InChI is InChI=1S/C15H22N4O/c16-8-2-1-3-9-18-15(20)14-5-4-12-19(14)13-6-10-17-11-7-13/h4-5,12-13,17H,1-3,6-7,9-11H2,(H,18,20). The fourth-order valence-corrected chi connectivity index (χ4v) is 2.61. The van der Waals surface area contributed by atoms with Gasteiger partial charge in [0.1, 0.15) is 5.69 Å². The van der Waals surface area contributed by atoms with Gasteiger partial charge < -0.3 is 15.2 Å². The van der Waals surface area contributed by atoms with Gasteiger partial charge in [-0.2, -0.15) is 5.26 Å². The summed E-state index contributed by atoms with van der Waals surface area (Å²) < 4.78 is 2.10. The second-order valence-electron chi connectivity index (χ2n) is 5.15. The molecular weight excluding hydrogens is 252 g/mol. The van der Waals surface area contributed by atoms with Crippen molar-refractivity contribution in [3.63, 3.8) is 0 Å². The number of piperidine rings is 1. The normalized spacial score (nSPS) is 15.8. The van der Waals surface area contributed by atoms with E-state index >= 15 is 0 Å². The van der Waals surface area contributed by atoms with Crippen molar-refractivity contribution >= 4 is 5.91 Å². The summed E-state index contributed by atoms with van der Waals surface area (Å²) in [7, 11) is 0. The molecule has 1 saturated heterocycles. The molecule has 1 amide bonds. The van der Waals surface area contributed by atoms with E-state index in [4.69, 9.17) is 5.26 Å². The molecule has 0 aliphatic carbocycles. The number of carbonyl (C=O) groups excluding carboxylic acids is 1. The SMILES string of the molecule is N#CCCCCNC(=O)c1cccn1C1CCNCC1. The van der Waals surface area contributed by atoms with Crippen molar-refractivity contribution in [1.82, 2.24) is 15.2 Å². The average molecular weight is 274 g/mol. The van der Waals surface area contributed by atoms with Gasteiger partial charge in [-0.3, -0.25) is 4.79 Å².